The van der Waals surface area contributed by atoms with E-state index in [1.807, 2.05) is 6.92 Å². The number of hydrogen-bond acceptors (Lipinski definition) is 7. The number of aromatic nitrogens is 2. The van der Waals surface area contributed by atoms with Crippen LogP contribution in [0.15, 0.2) is 26.2 Å². The Balaban J connectivity index is 1.82. The number of ether oxygens (including phenoxy) is 2. The second kappa shape index (κ2) is 9.90. The molecule has 1 aromatic carbocycles. The predicted molar refractivity (Wildman–Crippen MR) is 122 cm³/mol. The third-order valence-corrected chi connectivity index (χ3v) is 5.54. The number of amides is 1. The molecule has 0 spiro atoms. The van der Waals surface area contributed by atoms with Crippen LogP contribution in [0.25, 0.3) is 0 Å². The van der Waals surface area contributed by atoms with Gasteiger partial charge in [0.1, 0.15) is 24.7 Å². The van der Waals surface area contributed by atoms with Crippen molar-refractivity contribution in [3.8, 4) is 11.5 Å². The largest absolute Gasteiger partial charge is 0.486 e. The number of rotatable bonds is 8. The third-order valence-electron chi connectivity index (χ3n) is 4.89. The fourth-order valence-electron chi connectivity index (χ4n) is 3.29. The van der Waals surface area contributed by atoms with Crippen molar-refractivity contribution in [3.05, 3.63) is 37.4 Å². The van der Waals surface area contributed by atoms with Gasteiger partial charge in [0, 0.05) is 29.7 Å². The van der Waals surface area contributed by atoms with Crippen molar-refractivity contribution in [2.75, 3.05) is 42.3 Å². The van der Waals surface area contributed by atoms with Crippen molar-refractivity contribution in [2.45, 2.75) is 33.2 Å². The average Bonchev–Trinajstić information content (AvgIpc) is 2.73. The number of carbonyl (C=O) groups is 1. The van der Waals surface area contributed by atoms with E-state index in [1.165, 1.54) is 9.47 Å². The number of anilines is 3. The summed E-state index contributed by atoms with van der Waals surface area (Å²) in [6.07, 6.45) is 1.60. The Morgan fingerprint density at radius 3 is 2.58 bits per heavy atom. The lowest BCUT2D eigenvalue weighted by Crippen LogP contribution is -2.41. The van der Waals surface area contributed by atoms with Crippen molar-refractivity contribution in [1.82, 2.24) is 9.55 Å². The number of halogens is 1. The highest BCUT2D eigenvalue weighted by Crippen LogP contribution is 2.38. The van der Waals surface area contributed by atoms with Gasteiger partial charge in [-0.2, -0.15) is 0 Å². The molecule has 2 aromatic rings. The molecule has 3 rings (SSSR count). The highest BCUT2D eigenvalue weighted by atomic mass is 79.9. The summed E-state index contributed by atoms with van der Waals surface area (Å²) in [6, 6.07) is 3.41. The minimum Gasteiger partial charge on any atom is -0.486 e. The molecule has 0 saturated heterocycles. The van der Waals surface area contributed by atoms with Crippen LogP contribution in [0.4, 0.5) is 17.2 Å². The monoisotopic (exact) mass is 495 g/mol. The lowest BCUT2D eigenvalue weighted by atomic mass is 10.2. The first-order valence-electron chi connectivity index (χ1n) is 10.1. The Kier molecular flexibility index (Phi) is 7.26. The van der Waals surface area contributed by atoms with Crippen LogP contribution in [0.1, 0.15) is 26.7 Å². The molecule has 4 N–H and O–H groups in total. The molecule has 0 radical (unpaired) electrons. The number of nitrogens with zero attached hydrogens (tertiary/aromatic N) is 2. The van der Waals surface area contributed by atoms with Crippen LogP contribution in [0, 0.1) is 0 Å². The number of likely N-dealkylation sites (N-methyl/N-ethyl adjacent to an activating group) is 1. The SMILES string of the molecule is CCCCn1c(N)c(N(CC)CC(=O)Nc2cc3c(cc2Br)OCCO3)c(=O)[nH]c1=O. The molecule has 11 heteroatoms. The number of benzene rings is 1. The Morgan fingerprint density at radius 1 is 1.26 bits per heavy atom. The zero-order valence-electron chi connectivity index (χ0n) is 17.5. The number of fused-ring (bicyclic) bond motifs is 1. The summed E-state index contributed by atoms with van der Waals surface area (Å²) in [5.74, 6) is 0.836. The van der Waals surface area contributed by atoms with Crippen LogP contribution in [0.3, 0.4) is 0 Å². The van der Waals surface area contributed by atoms with Gasteiger partial charge in [0.15, 0.2) is 11.5 Å². The number of carbonyl (C=O) groups excluding carboxylic acids is 1. The maximum atomic E-state index is 12.8. The van der Waals surface area contributed by atoms with Gasteiger partial charge in [-0.15, -0.1) is 0 Å². The summed E-state index contributed by atoms with van der Waals surface area (Å²) < 4.78 is 13.1. The summed E-state index contributed by atoms with van der Waals surface area (Å²) in [6.45, 7) is 5.29. The van der Waals surface area contributed by atoms with Crippen molar-refractivity contribution >= 4 is 39.0 Å². The third kappa shape index (κ3) is 5.04. The minimum atomic E-state index is -0.620. The van der Waals surface area contributed by atoms with Crippen molar-refractivity contribution < 1.29 is 14.3 Å². The summed E-state index contributed by atoms with van der Waals surface area (Å²) >= 11 is 3.42. The molecule has 0 bridgehead atoms. The van der Waals surface area contributed by atoms with Crippen molar-refractivity contribution in [1.29, 1.82) is 0 Å². The molecule has 168 valence electrons. The average molecular weight is 496 g/mol. The molecular weight excluding hydrogens is 470 g/mol. The van der Waals surface area contributed by atoms with Crippen LogP contribution in [-0.2, 0) is 11.3 Å². The molecular formula is C20H26BrN5O5. The minimum absolute atomic E-state index is 0.0531. The highest BCUT2D eigenvalue weighted by Gasteiger charge is 2.21. The highest BCUT2D eigenvalue weighted by molar-refractivity contribution is 9.10. The number of nitrogen functional groups attached to an aromatic ring is 1. The lowest BCUT2D eigenvalue weighted by molar-refractivity contribution is -0.115. The smallest absolute Gasteiger partial charge is 0.330 e. The van der Waals surface area contributed by atoms with E-state index in [4.69, 9.17) is 15.2 Å². The summed E-state index contributed by atoms with van der Waals surface area (Å²) in [5.41, 5.74) is 5.61. The van der Waals surface area contributed by atoms with E-state index in [0.717, 1.165) is 12.8 Å². The quantitative estimate of drug-likeness (QED) is 0.509. The second-order valence-corrected chi connectivity index (χ2v) is 7.89. The standard InChI is InChI=1S/C20H26BrN5O5/c1-3-5-6-26-18(22)17(19(28)24-20(26)29)25(4-2)11-16(27)23-13-10-15-14(9-12(13)21)30-7-8-31-15/h9-10H,3-8,11,22H2,1-2H3,(H,23,27)(H,24,28,29). The Morgan fingerprint density at radius 2 is 1.94 bits per heavy atom. The lowest BCUT2D eigenvalue weighted by Gasteiger charge is -2.25. The Bertz CT molecular complexity index is 1080. The van der Waals surface area contributed by atoms with Crippen molar-refractivity contribution in [2.24, 2.45) is 0 Å². The molecule has 0 fully saturated rings. The van der Waals surface area contributed by atoms with Gasteiger partial charge in [0.05, 0.1) is 12.2 Å². The van der Waals surface area contributed by atoms with E-state index in [9.17, 15) is 14.4 Å². The predicted octanol–water partition coefficient (Wildman–Crippen LogP) is 1.92. The first kappa shape index (κ1) is 22.7. The van der Waals surface area contributed by atoms with Gasteiger partial charge in [0.25, 0.3) is 5.56 Å². The van der Waals surface area contributed by atoms with Crippen molar-refractivity contribution in [3.63, 3.8) is 0 Å². The van der Waals surface area contributed by atoms with Crippen LogP contribution < -0.4 is 36.7 Å². The van der Waals surface area contributed by atoms with E-state index in [1.54, 1.807) is 19.1 Å². The van der Waals surface area contributed by atoms with Crippen LogP contribution in [0.5, 0.6) is 11.5 Å². The first-order chi connectivity index (χ1) is 14.8. The topological polar surface area (TPSA) is 132 Å². The van der Waals surface area contributed by atoms with E-state index >= 15 is 0 Å². The Labute approximate surface area is 187 Å². The molecule has 1 aromatic heterocycles. The van der Waals surface area contributed by atoms with Crippen LogP contribution in [-0.4, -0.2) is 41.8 Å². The molecule has 2 heterocycles. The molecule has 1 aliphatic heterocycles. The maximum absolute atomic E-state index is 12.8. The number of hydrogen-bond donors (Lipinski definition) is 3. The van der Waals surface area contributed by atoms with E-state index in [2.05, 4.69) is 26.2 Å². The fourth-order valence-corrected chi connectivity index (χ4v) is 3.71. The van der Waals surface area contributed by atoms with Gasteiger partial charge in [0.2, 0.25) is 5.91 Å². The summed E-state index contributed by atoms with van der Waals surface area (Å²) in [5, 5.41) is 2.81. The van der Waals surface area contributed by atoms with Gasteiger partial charge in [-0.25, -0.2) is 4.79 Å². The van der Waals surface area contributed by atoms with Gasteiger partial charge in [-0.1, -0.05) is 13.3 Å². The number of H-pyrrole nitrogens is 1. The molecule has 0 atom stereocenters. The molecule has 1 amide bonds. The van der Waals surface area contributed by atoms with Gasteiger partial charge in [-0.05, 0) is 29.3 Å². The zero-order chi connectivity index (χ0) is 22.5. The molecule has 0 unspecified atom stereocenters. The molecule has 1 aliphatic rings. The summed E-state index contributed by atoms with van der Waals surface area (Å²) in [4.78, 5) is 41.2. The molecule has 10 nitrogen and oxygen atoms in total. The molecule has 31 heavy (non-hydrogen) atoms. The normalized spacial score (nSPS) is 12.5. The summed E-state index contributed by atoms with van der Waals surface area (Å²) in [7, 11) is 0. The van der Waals surface area contributed by atoms with Gasteiger partial charge >= 0.3 is 5.69 Å². The molecule has 0 aliphatic carbocycles. The first-order valence-corrected chi connectivity index (χ1v) is 10.9. The van der Waals surface area contributed by atoms with Crippen LogP contribution >= 0.6 is 15.9 Å². The van der Waals surface area contributed by atoms with Gasteiger partial charge < -0.3 is 25.4 Å². The van der Waals surface area contributed by atoms with E-state index in [0.29, 0.717) is 48.0 Å². The maximum Gasteiger partial charge on any atom is 0.330 e. The fraction of sp³-hybridized carbons (Fsp3) is 0.450. The van der Waals surface area contributed by atoms with E-state index < -0.39 is 11.2 Å². The molecule has 0 saturated carbocycles. The number of nitrogens with one attached hydrogen (secondary N) is 2. The zero-order valence-corrected chi connectivity index (χ0v) is 19.1. The Hall–Kier alpha value is -2.95. The van der Waals surface area contributed by atoms with Gasteiger partial charge in [-0.3, -0.25) is 19.1 Å². The number of aromatic amines is 1. The number of unbranched alkanes of at least 4 members (excludes halogenated alkanes) is 1. The van der Waals surface area contributed by atoms with E-state index in [-0.39, 0.29) is 24.0 Å². The number of nitrogens with two attached hydrogens (primary N) is 1. The van der Waals surface area contributed by atoms with Crippen LogP contribution in [0.2, 0.25) is 0 Å². The second-order valence-electron chi connectivity index (χ2n) is 7.04.